The van der Waals surface area contributed by atoms with Gasteiger partial charge in [0, 0.05) is 23.7 Å². The molecule has 0 bridgehead atoms. The number of Topliss-reactive ketones (excluding diaryl/α,β-unsaturated/α-hetero) is 1. The maximum atomic E-state index is 13.0. The number of methoxy groups -OCH3 is 1. The summed E-state index contributed by atoms with van der Waals surface area (Å²) in [4.78, 5) is 29.7. The number of carbonyl (C=O) groups excluding carboxylic acids is 2. The van der Waals surface area contributed by atoms with E-state index in [1.807, 2.05) is 12.1 Å². The largest absolute Gasteiger partial charge is 0.507 e. The Hall–Kier alpha value is -2.83. The van der Waals surface area contributed by atoms with Gasteiger partial charge in [-0.15, -0.1) is 0 Å². The van der Waals surface area contributed by atoms with Gasteiger partial charge in [0.15, 0.2) is 0 Å². The summed E-state index contributed by atoms with van der Waals surface area (Å²) in [5, 5.41) is 11.5. The van der Waals surface area contributed by atoms with E-state index in [2.05, 4.69) is 18.7 Å². The molecule has 1 aliphatic rings. The molecule has 0 radical (unpaired) electrons. The molecule has 0 aromatic heterocycles. The van der Waals surface area contributed by atoms with E-state index in [0.717, 1.165) is 18.7 Å². The lowest BCUT2D eigenvalue weighted by Gasteiger charge is -2.28. The van der Waals surface area contributed by atoms with Crippen LogP contribution in [0.25, 0.3) is 5.76 Å². The number of carbonyl (C=O) groups is 2. The van der Waals surface area contributed by atoms with E-state index in [4.69, 9.17) is 16.3 Å². The second-order valence-electron chi connectivity index (χ2n) is 7.30. The fourth-order valence-electron chi connectivity index (χ4n) is 3.82. The van der Waals surface area contributed by atoms with Crippen LogP contribution in [0, 0.1) is 0 Å². The van der Waals surface area contributed by atoms with Gasteiger partial charge in [-0.3, -0.25) is 9.59 Å². The number of benzene rings is 2. The van der Waals surface area contributed by atoms with Crippen LogP contribution in [0.3, 0.4) is 0 Å². The van der Waals surface area contributed by atoms with Gasteiger partial charge >= 0.3 is 0 Å². The van der Waals surface area contributed by atoms with E-state index < -0.39 is 17.7 Å². The minimum absolute atomic E-state index is 0.0666. The van der Waals surface area contributed by atoms with Crippen LogP contribution in [0.5, 0.6) is 5.75 Å². The first-order chi connectivity index (χ1) is 14.9. The second kappa shape index (κ2) is 9.98. The average molecular weight is 443 g/mol. The number of halogens is 1. The lowest BCUT2D eigenvalue weighted by atomic mass is 9.95. The van der Waals surface area contributed by atoms with Crippen molar-refractivity contribution in [1.82, 2.24) is 9.80 Å². The third-order valence-electron chi connectivity index (χ3n) is 5.62. The van der Waals surface area contributed by atoms with Gasteiger partial charge in [-0.2, -0.15) is 0 Å². The number of amides is 1. The van der Waals surface area contributed by atoms with Gasteiger partial charge < -0.3 is 19.6 Å². The number of rotatable bonds is 8. The summed E-state index contributed by atoms with van der Waals surface area (Å²) < 4.78 is 5.24. The van der Waals surface area contributed by atoms with Crippen LogP contribution in [0.15, 0.2) is 54.1 Å². The number of ketones is 1. The number of ether oxygens (including phenoxy) is 1. The van der Waals surface area contributed by atoms with Crippen LogP contribution < -0.4 is 4.74 Å². The minimum Gasteiger partial charge on any atom is -0.507 e. The highest BCUT2D eigenvalue weighted by Crippen LogP contribution is 2.39. The van der Waals surface area contributed by atoms with Crippen molar-refractivity contribution < 1.29 is 19.4 Å². The number of nitrogens with zero attached hydrogens (tertiary/aromatic N) is 2. The van der Waals surface area contributed by atoms with Gasteiger partial charge in [0.2, 0.25) is 0 Å². The van der Waals surface area contributed by atoms with Gasteiger partial charge in [-0.25, -0.2) is 0 Å². The highest BCUT2D eigenvalue weighted by Gasteiger charge is 2.45. The Kier molecular flexibility index (Phi) is 7.36. The summed E-state index contributed by atoms with van der Waals surface area (Å²) in [6.07, 6.45) is 0. The first-order valence-electron chi connectivity index (χ1n) is 10.3. The molecule has 1 saturated heterocycles. The predicted molar refractivity (Wildman–Crippen MR) is 121 cm³/mol. The zero-order chi connectivity index (χ0) is 22.5. The third kappa shape index (κ3) is 4.75. The van der Waals surface area contributed by atoms with Crippen molar-refractivity contribution >= 4 is 29.1 Å². The summed E-state index contributed by atoms with van der Waals surface area (Å²) in [6, 6.07) is 13.1. The van der Waals surface area contributed by atoms with Crippen molar-refractivity contribution in [2.45, 2.75) is 19.9 Å². The van der Waals surface area contributed by atoms with Crippen molar-refractivity contribution in [1.29, 1.82) is 0 Å². The average Bonchev–Trinajstić information content (AvgIpc) is 3.04. The normalized spacial score (nSPS) is 18.1. The number of hydrogen-bond donors (Lipinski definition) is 1. The number of likely N-dealkylation sites (N-methyl/N-ethyl adjacent to an activating group) is 1. The summed E-state index contributed by atoms with van der Waals surface area (Å²) >= 11 is 6.08. The van der Waals surface area contributed by atoms with Crippen molar-refractivity contribution in [3.05, 3.63) is 70.3 Å². The zero-order valence-corrected chi connectivity index (χ0v) is 18.7. The van der Waals surface area contributed by atoms with Crippen LogP contribution in [-0.2, 0) is 9.59 Å². The fourth-order valence-corrected chi connectivity index (χ4v) is 4.01. The molecule has 2 aromatic carbocycles. The Morgan fingerprint density at radius 1 is 1.13 bits per heavy atom. The van der Waals surface area contributed by atoms with Gasteiger partial charge in [-0.1, -0.05) is 49.7 Å². The molecule has 1 unspecified atom stereocenters. The first-order valence-corrected chi connectivity index (χ1v) is 10.7. The quantitative estimate of drug-likeness (QED) is 0.378. The van der Waals surface area contributed by atoms with Crippen LogP contribution in [-0.4, -0.2) is 59.9 Å². The Morgan fingerprint density at radius 2 is 1.81 bits per heavy atom. The zero-order valence-electron chi connectivity index (χ0n) is 18.0. The molecule has 0 aliphatic carbocycles. The van der Waals surface area contributed by atoms with Crippen molar-refractivity contribution in [2.24, 2.45) is 0 Å². The molecule has 31 heavy (non-hydrogen) atoms. The maximum Gasteiger partial charge on any atom is 0.295 e. The Bertz CT molecular complexity index is 983. The van der Waals surface area contributed by atoms with E-state index in [1.54, 1.807) is 48.4 Å². The molecule has 164 valence electrons. The first kappa shape index (κ1) is 22.8. The predicted octanol–water partition coefficient (Wildman–Crippen LogP) is 4.11. The fraction of sp³-hybridized carbons (Fsp3) is 0.333. The molecular weight excluding hydrogens is 416 g/mol. The molecule has 1 heterocycles. The number of likely N-dealkylation sites (tertiary alicyclic amines) is 1. The molecule has 1 aliphatic heterocycles. The van der Waals surface area contributed by atoms with E-state index in [9.17, 15) is 14.7 Å². The minimum atomic E-state index is -0.696. The summed E-state index contributed by atoms with van der Waals surface area (Å²) in [6.45, 7) is 6.79. The van der Waals surface area contributed by atoms with Gasteiger partial charge in [0.25, 0.3) is 11.7 Å². The molecule has 0 saturated carbocycles. The van der Waals surface area contributed by atoms with E-state index >= 15 is 0 Å². The Morgan fingerprint density at radius 3 is 2.39 bits per heavy atom. The van der Waals surface area contributed by atoms with Crippen molar-refractivity contribution in [3.63, 3.8) is 0 Å². The maximum absolute atomic E-state index is 13.0. The highest BCUT2D eigenvalue weighted by molar-refractivity contribution is 6.46. The number of aliphatic hydroxyl groups is 1. The number of aliphatic hydroxyl groups excluding tert-OH is 1. The summed E-state index contributed by atoms with van der Waals surface area (Å²) in [5.41, 5.74) is 1.19. The SMILES string of the molecule is CCN(CC)CCN1C(=O)C(=O)/C(=C(\O)c2cccc(Cl)c2)C1c1ccc(OC)cc1. The summed E-state index contributed by atoms with van der Waals surface area (Å²) in [7, 11) is 1.57. The van der Waals surface area contributed by atoms with Gasteiger partial charge in [-0.05, 0) is 42.9 Å². The van der Waals surface area contributed by atoms with E-state index in [1.165, 1.54) is 0 Å². The van der Waals surface area contributed by atoms with Gasteiger partial charge in [0.05, 0.1) is 18.7 Å². The third-order valence-corrected chi connectivity index (χ3v) is 5.86. The van der Waals surface area contributed by atoms with E-state index in [0.29, 0.717) is 29.4 Å². The molecule has 1 N–H and O–H groups in total. The van der Waals surface area contributed by atoms with Crippen LogP contribution in [0.2, 0.25) is 5.02 Å². The second-order valence-corrected chi connectivity index (χ2v) is 7.74. The lowest BCUT2D eigenvalue weighted by molar-refractivity contribution is -0.140. The molecule has 1 fully saturated rings. The summed E-state index contributed by atoms with van der Waals surface area (Å²) in [5.74, 6) is -0.875. The topological polar surface area (TPSA) is 70.1 Å². The molecule has 0 spiro atoms. The van der Waals surface area contributed by atoms with Crippen LogP contribution in [0.4, 0.5) is 0 Å². The molecular formula is C24H27ClN2O4. The van der Waals surface area contributed by atoms with Crippen LogP contribution in [0.1, 0.15) is 31.0 Å². The lowest BCUT2D eigenvalue weighted by Crippen LogP contribution is -2.38. The molecule has 7 heteroatoms. The van der Waals surface area contributed by atoms with Gasteiger partial charge in [0.1, 0.15) is 11.5 Å². The molecule has 1 amide bonds. The Balaban J connectivity index is 2.09. The standard InChI is InChI=1S/C24H27ClN2O4/c1-4-26(5-2)13-14-27-21(16-9-11-19(31-3)12-10-16)20(23(29)24(27)30)22(28)17-7-6-8-18(25)15-17/h6-12,15,21,28H,4-5,13-14H2,1-3H3/b22-20-. The molecule has 2 aromatic rings. The highest BCUT2D eigenvalue weighted by atomic mass is 35.5. The number of hydrogen-bond acceptors (Lipinski definition) is 5. The van der Waals surface area contributed by atoms with E-state index in [-0.39, 0.29) is 11.3 Å². The Labute approximate surface area is 187 Å². The monoisotopic (exact) mass is 442 g/mol. The van der Waals surface area contributed by atoms with Crippen molar-refractivity contribution in [2.75, 3.05) is 33.3 Å². The smallest absolute Gasteiger partial charge is 0.295 e. The van der Waals surface area contributed by atoms with Crippen LogP contribution >= 0.6 is 11.6 Å². The van der Waals surface area contributed by atoms with Crippen molar-refractivity contribution in [3.8, 4) is 5.75 Å². The molecule has 1 atom stereocenters. The molecule has 6 nitrogen and oxygen atoms in total. The molecule has 3 rings (SSSR count).